The first-order valence-electron chi connectivity index (χ1n) is 7.51. The van der Waals surface area contributed by atoms with E-state index in [2.05, 4.69) is 14.9 Å². The van der Waals surface area contributed by atoms with Crippen LogP contribution in [0.4, 0.5) is 5.95 Å². The summed E-state index contributed by atoms with van der Waals surface area (Å²) < 4.78 is 0. The monoisotopic (exact) mass is 382 g/mol. The van der Waals surface area contributed by atoms with Gasteiger partial charge in [-0.1, -0.05) is 29.3 Å². The number of hydrogen-bond donors (Lipinski definition) is 0. The molecule has 0 atom stereocenters. The number of amides is 1. The molecule has 0 radical (unpaired) electrons. The fraction of sp³-hybridized carbons (Fsp3) is 0.312. The minimum Gasteiger partial charge on any atom is -0.338 e. The number of carbonyl (C=O) groups excluding carboxylic acids is 1. The van der Waals surface area contributed by atoms with Gasteiger partial charge in [-0.15, -0.1) is 11.8 Å². The Hall–Kier alpha value is -1.50. The van der Waals surface area contributed by atoms with Crippen LogP contribution in [-0.4, -0.2) is 52.7 Å². The predicted octanol–water partition coefficient (Wildman–Crippen LogP) is 3.22. The second-order valence-electron chi connectivity index (χ2n) is 5.26. The Labute approximate surface area is 155 Å². The molecule has 2 aromatic rings. The summed E-state index contributed by atoms with van der Waals surface area (Å²) in [5.41, 5.74) is 0. The highest BCUT2D eigenvalue weighted by Crippen LogP contribution is 2.33. The molecule has 0 saturated carbocycles. The second kappa shape index (κ2) is 8.05. The van der Waals surface area contributed by atoms with Crippen LogP contribution < -0.4 is 4.90 Å². The first kappa shape index (κ1) is 17.3. The molecule has 126 valence electrons. The van der Waals surface area contributed by atoms with Gasteiger partial charge < -0.3 is 9.80 Å². The van der Waals surface area contributed by atoms with Gasteiger partial charge in [0.1, 0.15) is 0 Å². The van der Waals surface area contributed by atoms with Crippen LogP contribution in [0.3, 0.4) is 0 Å². The van der Waals surface area contributed by atoms with Crippen LogP contribution in [0.25, 0.3) is 0 Å². The Morgan fingerprint density at radius 3 is 2.29 bits per heavy atom. The first-order valence-corrected chi connectivity index (χ1v) is 9.26. The highest BCUT2D eigenvalue weighted by Gasteiger charge is 2.22. The molecule has 0 spiro atoms. The molecule has 1 saturated heterocycles. The first-order chi connectivity index (χ1) is 11.6. The van der Waals surface area contributed by atoms with E-state index >= 15 is 0 Å². The highest BCUT2D eigenvalue weighted by atomic mass is 35.5. The predicted molar refractivity (Wildman–Crippen MR) is 98.0 cm³/mol. The van der Waals surface area contributed by atoms with Crippen LogP contribution in [0, 0.1) is 0 Å². The van der Waals surface area contributed by atoms with Crippen LogP contribution in [0.2, 0.25) is 10.0 Å². The summed E-state index contributed by atoms with van der Waals surface area (Å²) in [6, 6.07) is 7.14. The molecule has 1 fully saturated rings. The molecular formula is C16H16Cl2N4OS. The smallest absolute Gasteiger partial charge is 0.233 e. The van der Waals surface area contributed by atoms with Crippen molar-refractivity contribution in [2.45, 2.75) is 4.90 Å². The van der Waals surface area contributed by atoms with E-state index in [0.717, 1.165) is 18.0 Å². The summed E-state index contributed by atoms with van der Waals surface area (Å²) in [5, 5.41) is 1.15. The maximum Gasteiger partial charge on any atom is 0.233 e. The standard InChI is InChI=1S/C16H16Cl2N4OS/c17-12-3-1-4-13(18)15(12)24-11-14(23)21-7-9-22(10-8-21)16-19-5-2-6-20-16/h1-6H,7-11H2. The number of aromatic nitrogens is 2. The molecule has 2 heterocycles. The number of rotatable bonds is 4. The van der Waals surface area contributed by atoms with Gasteiger partial charge in [0.2, 0.25) is 11.9 Å². The number of halogens is 2. The lowest BCUT2D eigenvalue weighted by Gasteiger charge is -2.34. The summed E-state index contributed by atoms with van der Waals surface area (Å²) in [5.74, 6) is 1.12. The normalized spacial score (nSPS) is 14.8. The summed E-state index contributed by atoms with van der Waals surface area (Å²) in [6.07, 6.45) is 3.45. The lowest BCUT2D eigenvalue weighted by atomic mass is 10.3. The maximum absolute atomic E-state index is 12.4. The van der Waals surface area contributed by atoms with Gasteiger partial charge in [-0.3, -0.25) is 4.79 Å². The number of hydrogen-bond acceptors (Lipinski definition) is 5. The molecule has 24 heavy (non-hydrogen) atoms. The molecule has 5 nitrogen and oxygen atoms in total. The Balaban J connectivity index is 1.52. The lowest BCUT2D eigenvalue weighted by Crippen LogP contribution is -2.49. The van der Waals surface area contributed by atoms with Crippen molar-refractivity contribution in [1.82, 2.24) is 14.9 Å². The molecule has 1 aromatic heterocycles. The Morgan fingerprint density at radius 1 is 1.04 bits per heavy atom. The van der Waals surface area contributed by atoms with E-state index in [0.29, 0.717) is 34.8 Å². The van der Waals surface area contributed by atoms with Crippen molar-refractivity contribution in [2.24, 2.45) is 0 Å². The molecule has 0 bridgehead atoms. The number of thioether (sulfide) groups is 1. The molecule has 1 aliphatic rings. The van der Waals surface area contributed by atoms with Gasteiger partial charge in [0.15, 0.2) is 0 Å². The van der Waals surface area contributed by atoms with Gasteiger partial charge in [-0.2, -0.15) is 0 Å². The summed E-state index contributed by atoms with van der Waals surface area (Å²) in [6.45, 7) is 2.78. The van der Waals surface area contributed by atoms with Crippen LogP contribution >= 0.6 is 35.0 Å². The van der Waals surface area contributed by atoms with Gasteiger partial charge in [0.05, 0.1) is 15.8 Å². The maximum atomic E-state index is 12.4. The largest absolute Gasteiger partial charge is 0.338 e. The van der Waals surface area contributed by atoms with E-state index in [1.165, 1.54) is 11.8 Å². The highest BCUT2D eigenvalue weighted by molar-refractivity contribution is 8.00. The molecule has 1 aromatic carbocycles. The Morgan fingerprint density at radius 2 is 1.67 bits per heavy atom. The van der Waals surface area contributed by atoms with E-state index in [4.69, 9.17) is 23.2 Å². The number of nitrogens with zero attached hydrogens (tertiary/aromatic N) is 4. The Bertz CT molecular complexity index is 688. The van der Waals surface area contributed by atoms with Crippen molar-refractivity contribution >= 4 is 46.8 Å². The quantitative estimate of drug-likeness (QED) is 0.759. The molecule has 8 heteroatoms. The molecule has 3 rings (SSSR count). The number of carbonyl (C=O) groups is 1. The zero-order valence-corrected chi connectivity index (χ0v) is 15.2. The van der Waals surface area contributed by atoms with Crippen LogP contribution in [-0.2, 0) is 4.79 Å². The topological polar surface area (TPSA) is 49.3 Å². The van der Waals surface area contributed by atoms with Crippen molar-refractivity contribution in [1.29, 1.82) is 0 Å². The second-order valence-corrected chi connectivity index (χ2v) is 7.06. The zero-order chi connectivity index (χ0) is 16.9. The molecule has 0 N–H and O–H groups in total. The summed E-state index contributed by atoms with van der Waals surface area (Å²) in [7, 11) is 0. The molecular weight excluding hydrogens is 367 g/mol. The van der Waals surface area contributed by atoms with E-state index in [1.54, 1.807) is 36.7 Å². The number of piperazine rings is 1. The van der Waals surface area contributed by atoms with Gasteiger partial charge in [0, 0.05) is 43.5 Å². The minimum atomic E-state index is 0.0876. The number of anilines is 1. The van der Waals surface area contributed by atoms with Crippen LogP contribution in [0.15, 0.2) is 41.6 Å². The van der Waals surface area contributed by atoms with Crippen LogP contribution in [0.1, 0.15) is 0 Å². The van der Waals surface area contributed by atoms with E-state index in [1.807, 2.05) is 4.90 Å². The fourth-order valence-electron chi connectivity index (χ4n) is 2.46. The molecule has 1 aliphatic heterocycles. The van der Waals surface area contributed by atoms with Crippen molar-refractivity contribution in [3.8, 4) is 0 Å². The van der Waals surface area contributed by atoms with E-state index in [-0.39, 0.29) is 5.91 Å². The summed E-state index contributed by atoms with van der Waals surface area (Å²) in [4.78, 5) is 25.6. The van der Waals surface area contributed by atoms with Crippen molar-refractivity contribution < 1.29 is 4.79 Å². The van der Waals surface area contributed by atoms with Crippen LogP contribution in [0.5, 0.6) is 0 Å². The third-order valence-corrected chi connectivity index (χ3v) is 5.70. The average molecular weight is 383 g/mol. The van der Waals surface area contributed by atoms with E-state index in [9.17, 15) is 4.79 Å². The molecule has 0 unspecified atom stereocenters. The third kappa shape index (κ3) is 4.12. The van der Waals surface area contributed by atoms with Gasteiger partial charge >= 0.3 is 0 Å². The minimum absolute atomic E-state index is 0.0876. The van der Waals surface area contributed by atoms with Gasteiger partial charge in [-0.25, -0.2) is 9.97 Å². The number of benzene rings is 1. The SMILES string of the molecule is O=C(CSc1c(Cl)cccc1Cl)N1CCN(c2ncccn2)CC1. The Kier molecular flexibility index (Phi) is 5.81. The molecule has 0 aliphatic carbocycles. The third-order valence-electron chi connectivity index (χ3n) is 3.73. The summed E-state index contributed by atoms with van der Waals surface area (Å²) >= 11 is 13.6. The molecule has 1 amide bonds. The zero-order valence-electron chi connectivity index (χ0n) is 12.9. The van der Waals surface area contributed by atoms with Crippen molar-refractivity contribution in [3.05, 3.63) is 46.7 Å². The van der Waals surface area contributed by atoms with Crippen molar-refractivity contribution in [2.75, 3.05) is 36.8 Å². The fourth-order valence-corrected chi connectivity index (χ4v) is 4.04. The van der Waals surface area contributed by atoms with Gasteiger partial charge in [-0.05, 0) is 18.2 Å². The average Bonchev–Trinajstić information content (AvgIpc) is 2.62. The van der Waals surface area contributed by atoms with Gasteiger partial charge in [0.25, 0.3) is 0 Å². The van der Waals surface area contributed by atoms with E-state index < -0.39 is 0 Å². The lowest BCUT2D eigenvalue weighted by molar-refractivity contribution is -0.128. The van der Waals surface area contributed by atoms with Crippen molar-refractivity contribution in [3.63, 3.8) is 0 Å².